The third kappa shape index (κ3) is 1.78. The number of amides is 1. The number of para-hydroxylation sites is 1. The molecule has 2 aromatic rings. The van der Waals surface area contributed by atoms with Gasteiger partial charge in [-0.25, -0.2) is 0 Å². The van der Waals surface area contributed by atoms with Gasteiger partial charge in [0, 0.05) is 48.2 Å². The molecule has 1 aromatic heterocycles. The average molecular weight is 336 g/mol. The molecular weight excluding hydrogens is 310 g/mol. The van der Waals surface area contributed by atoms with Crippen LogP contribution in [0.5, 0.6) is 0 Å². The third-order valence-electron chi connectivity index (χ3n) is 7.80. The van der Waals surface area contributed by atoms with Crippen LogP contribution in [0.2, 0.25) is 0 Å². The Bertz CT molecular complexity index is 843. The number of hydrogen-bond donors (Lipinski definition) is 2. The minimum Gasteiger partial charge on any atom is -0.353 e. The maximum absolute atomic E-state index is 11.7. The molecule has 0 radical (unpaired) electrons. The van der Waals surface area contributed by atoms with Crippen molar-refractivity contribution in [1.82, 2.24) is 9.88 Å². The summed E-state index contributed by atoms with van der Waals surface area (Å²) >= 11 is 0. The number of carbonyl (C=O) groups is 1. The molecule has 1 saturated carbocycles. The van der Waals surface area contributed by atoms with Crippen molar-refractivity contribution in [2.24, 2.45) is 11.8 Å². The van der Waals surface area contributed by atoms with Crippen molar-refractivity contribution in [3.63, 3.8) is 0 Å². The van der Waals surface area contributed by atoms with Crippen LogP contribution in [0, 0.1) is 11.8 Å². The largest absolute Gasteiger partial charge is 0.353 e. The van der Waals surface area contributed by atoms with E-state index in [1.807, 2.05) is 4.90 Å². The summed E-state index contributed by atoms with van der Waals surface area (Å²) in [6, 6.07) is 10.6. The predicted molar refractivity (Wildman–Crippen MR) is 96.4 cm³/mol. The van der Waals surface area contributed by atoms with E-state index in [0.29, 0.717) is 18.0 Å². The molecule has 130 valence electrons. The second kappa shape index (κ2) is 5.10. The molecule has 4 nitrogen and oxygen atoms in total. The SMILES string of the molecule is O=CN1CCC[C@H]2[C@@H]1[C@@H]1CC[C@@H]2[NH+]2CCc3c([nH]c4ccccc34)[C@H]12. The number of quaternary nitrogens is 1. The van der Waals surface area contributed by atoms with E-state index in [1.54, 1.807) is 5.56 Å². The van der Waals surface area contributed by atoms with Gasteiger partial charge in [0.25, 0.3) is 0 Å². The Morgan fingerprint density at radius 1 is 1.16 bits per heavy atom. The molecule has 1 aliphatic carbocycles. The fourth-order valence-electron chi connectivity index (χ4n) is 7.05. The lowest BCUT2D eigenvalue weighted by atomic mass is 9.61. The van der Waals surface area contributed by atoms with Gasteiger partial charge in [-0.2, -0.15) is 0 Å². The van der Waals surface area contributed by atoms with E-state index in [-0.39, 0.29) is 0 Å². The summed E-state index contributed by atoms with van der Waals surface area (Å²) in [5, 5.41) is 1.42. The number of hydrogen-bond acceptors (Lipinski definition) is 1. The highest BCUT2D eigenvalue weighted by Crippen LogP contribution is 2.48. The van der Waals surface area contributed by atoms with E-state index in [9.17, 15) is 4.79 Å². The van der Waals surface area contributed by atoms with Gasteiger partial charge < -0.3 is 14.8 Å². The Morgan fingerprint density at radius 2 is 2.08 bits per heavy atom. The summed E-state index contributed by atoms with van der Waals surface area (Å²) in [5.74, 6) is 1.36. The first-order valence-corrected chi connectivity index (χ1v) is 10.0. The molecule has 1 aromatic carbocycles. The first-order chi connectivity index (χ1) is 12.4. The fraction of sp³-hybridized carbons (Fsp3) is 0.571. The van der Waals surface area contributed by atoms with Crippen LogP contribution in [-0.4, -0.2) is 41.5 Å². The summed E-state index contributed by atoms with van der Waals surface area (Å²) < 4.78 is 0. The van der Waals surface area contributed by atoms with Gasteiger partial charge >= 0.3 is 0 Å². The van der Waals surface area contributed by atoms with Gasteiger partial charge in [-0.3, -0.25) is 4.79 Å². The maximum atomic E-state index is 11.7. The number of nitrogens with one attached hydrogen (secondary N) is 2. The molecular formula is C21H26N3O+. The van der Waals surface area contributed by atoms with Crippen LogP contribution in [0.4, 0.5) is 0 Å². The Kier molecular flexibility index (Phi) is 2.93. The number of nitrogens with zero attached hydrogens (tertiary/aromatic N) is 1. The number of aromatic nitrogens is 1. The lowest BCUT2D eigenvalue weighted by molar-refractivity contribution is -0.979. The second-order valence-corrected chi connectivity index (χ2v) is 8.60. The maximum Gasteiger partial charge on any atom is 0.209 e. The van der Waals surface area contributed by atoms with Gasteiger partial charge in [0.1, 0.15) is 6.04 Å². The zero-order valence-electron chi connectivity index (χ0n) is 14.6. The van der Waals surface area contributed by atoms with Crippen molar-refractivity contribution < 1.29 is 9.69 Å². The quantitative estimate of drug-likeness (QED) is 0.765. The number of rotatable bonds is 1. The molecule has 1 amide bonds. The van der Waals surface area contributed by atoms with Gasteiger partial charge in [0.2, 0.25) is 6.41 Å². The van der Waals surface area contributed by atoms with Crippen molar-refractivity contribution in [3.05, 3.63) is 35.5 Å². The molecule has 4 aliphatic heterocycles. The Labute approximate surface area is 148 Å². The lowest BCUT2D eigenvalue weighted by Crippen LogP contribution is -3.21. The van der Waals surface area contributed by atoms with Gasteiger partial charge in [0.15, 0.2) is 0 Å². The number of H-pyrrole nitrogens is 1. The Balaban J connectivity index is 1.50. The van der Waals surface area contributed by atoms with Gasteiger partial charge in [-0.05, 0) is 30.9 Å². The van der Waals surface area contributed by atoms with E-state index >= 15 is 0 Å². The second-order valence-electron chi connectivity index (χ2n) is 8.60. The van der Waals surface area contributed by atoms with Crippen molar-refractivity contribution >= 4 is 17.3 Å². The van der Waals surface area contributed by atoms with Crippen LogP contribution in [0.1, 0.15) is 43.0 Å². The Hall–Kier alpha value is -1.81. The van der Waals surface area contributed by atoms with E-state index in [2.05, 4.69) is 34.1 Å². The monoisotopic (exact) mass is 336 g/mol. The zero-order chi connectivity index (χ0) is 16.5. The van der Waals surface area contributed by atoms with Crippen LogP contribution in [-0.2, 0) is 11.2 Å². The van der Waals surface area contributed by atoms with E-state index in [0.717, 1.165) is 24.9 Å². The van der Waals surface area contributed by atoms with Crippen molar-refractivity contribution in [3.8, 4) is 0 Å². The number of fused-ring (bicyclic) bond motifs is 4. The Morgan fingerprint density at radius 3 is 3.00 bits per heavy atom. The van der Waals surface area contributed by atoms with Gasteiger partial charge in [-0.15, -0.1) is 0 Å². The summed E-state index contributed by atoms with van der Waals surface area (Å²) in [7, 11) is 0. The summed E-state index contributed by atoms with van der Waals surface area (Å²) in [4.78, 5) is 19.5. The van der Waals surface area contributed by atoms with Crippen LogP contribution in [0.25, 0.3) is 10.9 Å². The number of carbonyl (C=O) groups excluding carboxylic acids is 1. The smallest absolute Gasteiger partial charge is 0.209 e. The van der Waals surface area contributed by atoms with E-state index < -0.39 is 0 Å². The predicted octanol–water partition coefficient (Wildman–Crippen LogP) is 1.68. The number of piperidine rings is 3. The van der Waals surface area contributed by atoms with Crippen LogP contribution in [0.15, 0.2) is 24.3 Å². The highest BCUT2D eigenvalue weighted by atomic mass is 16.1. The molecule has 2 bridgehead atoms. The first kappa shape index (κ1) is 14.4. The molecule has 0 spiro atoms. The third-order valence-corrected chi connectivity index (χ3v) is 7.80. The highest BCUT2D eigenvalue weighted by molar-refractivity contribution is 5.85. The fourth-order valence-corrected chi connectivity index (χ4v) is 7.05. The molecule has 6 atom stereocenters. The summed E-state index contributed by atoms with van der Waals surface area (Å²) in [5.41, 5.74) is 4.34. The van der Waals surface area contributed by atoms with E-state index in [1.165, 1.54) is 55.2 Å². The minimum atomic E-state index is 0.483. The normalized spacial score (nSPS) is 39.0. The van der Waals surface area contributed by atoms with Crippen LogP contribution < -0.4 is 4.90 Å². The van der Waals surface area contributed by atoms with E-state index in [4.69, 9.17) is 0 Å². The lowest BCUT2D eigenvalue weighted by Gasteiger charge is -2.60. The van der Waals surface area contributed by atoms with Gasteiger partial charge in [-0.1, -0.05) is 18.2 Å². The topological polar surface area (TPSA) is 40.5 Å². The van der Waals surface area contributed by atoms with Crippen molar-refractivity contribution in [2.75, 3.05) is 13.1 Å². The minimum absolute atomic E-state index is 0.483. The molecule has 1 unspecified atom stereocenters. The zero-order valence-corrected chi connectivity index (χ0v) is 14.6. The molecule has 3 saturated heterocycles. The molecule has 7 rings (SSSR count). The molecule has 4 heteroatoms. The van der Waals surface area contributed by atoms with Crippen molar-refractivity contribution in [1.29, 1.82) is 0 Å². The first-order valence-electron chi connectivity index (χ1n) is 10.0. The average Bonchev–Trinajstić information content (AvgIpc) is 3.06. The number of likely N-dealkylation sites (tertiary alicyclic amines) is 1. The van der Waals surface area contributed by atoms with Crippen molar-refractivity contribution in [2.45, 2.75) is 50.2 Å². The number of aromatic amines is 1. The molecule has 2 N–H and O–H groups in total. The van der Waals surface area contributed by atoms with Gasteiger partial charge in [0.05, 0.1) is 18.3 Å². The van der Waals surface area contributed by atoms with Crippen LogP contribution >= 0.6 is 0 Å². The summed E-state index contributed by atoms with van der Waals surface area (Å²) in [6.45, 7) is 2.24. The highest BCUT2D eigenvalue weighted by Gasteiger charge is 2.60. The molecule has 5 aliphatic rings. The summed E-state index contributed by atoms with van der Waals surface area (Å²) in [6.07, 6.45) is 7.51. The molecule has 4 fully saturated rings. The van der Waals surface area contributed by atoms with Crippen LogP contribution in [0.3, 0.4) is 0 Å². The molecule has 25 heavy (non-hydrogen) atoms. The number of benzene rings is 1. The molecule has 5 heterocycles. The standard InChI is InChI=1S/C21H25N3O/c25-12-23-10-3-5-15-18-8-7-16(20(15)23)21-19-14(9-11-24(18)21)13-4-1-2-6-17(13)22-19/h1-2,4,6,12,15-16,18,20-22H,3,5,7-11H2/p+1/t15-,16+,18+,20-,21+/m1/s1.